The Labute approximate surface area is 156 Å². The minimum atomic E-state index is -0.907. The van der Waals surface area contributed by atoms with Crippen molar-refractivity contribution in [3.05, 3.63) is 66.2 Å². The Hall–Kier alpha value is -3.02. The molecular weight excluding hydrogens is 346 g/mol. The second kappa shape index (κ2) is 7.70. The lowest BCUT2D eigenvalue weighted by Crippen LogP contribution is -2.30. The van der Waals surface area contributed by atoms with Gasteiger partial charge >= 0.3 is 0 Å². The lowest BCUT2D eigenvalue weighted by Gasteiger charge is -2.28. The Kier molecular flexibility index (Phi) is 4.96. The Bertz CT molecular complexity index is 925. The van der Waals surface area contributed by atoms with E-state index in [4.69, 9.17) is 0 Å². The summed E-state index contributed by atoms with van der Waals surface area (Å²) in [6, 6.07) is 15.5. The normalized spacial score (nSPS) is 14.2. The zero-order chi connectivity index (χ0) is 18.6. The summed E-state index contributed by atoms with van der Waals surface area (Å²) in [5, 5.41) is 3.01. The molecule has 3 aromatic rings. The van der Waals surface area contributed by atoms with Crippen LogP contribution in [0.5, 0.6) is 0 Å². The van der Waals surface area contributed by atoms with Crippen LogP contribution in [-0.4, -0.2) is 23.1 Å². The van der Waals surface area contributed by atoms with Crippen LogP contribution in [0.15, 0.2) is 54.6 Å². The Morgan fingerprint density at radius 2 is 1.59 bits per heavy atom. The van der Waals surface area contributed by atoms with Crippen molar-refractivity contribution in [3.63, 3.8) is 0 Å². The molecule has 2 heterocycles. The number of halogens is 2. The maximum atomic E-state index is 13.5. The summed E-state index contributed by atoms with van der Waals surface area (Å²) in [5.74, 6) is -0.583. The highest BCUT2D eigenvalue weighted by Gasteiger charge is 2.16. The molecule has 0 aliphatic carbocycles. The number of nitrogens with zero attached hydrogens (tertiary/aromatic N) is 3. The summed E-state index contributed by atoms with van der Waals surface area (Å²) < 4.78 is 26.7. The van der Waals surface area contributed by atoms with Crippen molar-refractivity contribution >= 4 is 17.5 Å². The molecule has 0 bridgehead atoms. The summed E-state index contributed by atoms with van der Waals surface area (Å²) >= 11 is 0. The predicted molar refractivity (Wildman–Crippen MR) is 103 cm³/mol. The molecule has 2 aromatic carbocycles. The molecule has 138 valence electrons. The number of rotatable bonds is 4. The molecule has 4 nitrogen and oxygen atoms in total. The highest BCUT2D eigenvalue weighted by molar-refractivity contribution is 5.66. The minimum absolute atomic E-state index is 0.364. The third kappa shape index (κ3) is 4.05. The fraction of sp³-hybridized carbons (Fsp3) is 0.238. The van der Waals surface area contributed by atoms with Crippen molar-refractivity contribution in [3.8, 4) is 11.3 Å². The van der Waals surface area contributed by atoms with Crippen LogP contribution in [0.4, 0.5) is 26.2 Å². The smallest absolute Gasteiger partial charge is 0.229 e. The van der Waals surface area contributed by atoms with Gasteiger partial charge in [-0.1, -0.05) is 30.3 Å². The lowest BCUT2D eigenvalue weighted by atomic mass is 10.1. The van der Waals surface area contributed by atoms with E-state index in [0.717, 1.165) is 55.1 Å². The molecule has 0 unspecified atom stereocenters. The molecular formula is C21H20F2N4. The van der Waals surface area contributed by atoms with E-state index in [9.17, 15) is 8.78 Å². The summed E-state index contributed by atoms with van der Waals surface area (Å²) in [7, 11) is 0. The number of hydrogen-bond donors (Lipinski definition) is 1. The zero-order valence-corrected chi connectivity index (χ0v) is 14.8. The summed E-state index contributed by atoms with van der Waals surface area (Å²) in [6.45, 7) is 1.91. The number of nitrogens with one attached hydrogen (secondary N) is 1. The van der Waals surface area contributed by atoms with Gasteiger partial charge in [-0.2, -0.15) is 4.98 Å². The van der Waals surface area contributed by atoms with Crippen LogP contribution in [0.3, 0.4) is 0 Å². The van der Waals surface area contributed by atoms with Crippen LogP contribution < -0.4 is 10.2 Å². The molecule has 27 heavy (non-hydrogen) atoms. The summed E-state index contributed by atoms with van der Waals surface area (Å²) in [5.41, 5.74) is 2.17. The van der Waals surface area contributed by atoms with Crippen LogP contribution >= 0.6 is 0 Å². The monoisotopic (exact) mass is 366 g/mol. The van der Waals surface area contributed by atoms with Crippen molar-refractivity contribution in [2.45, 2.75) is 19.3 Å². The molecule has 4 rings (SSSR count). The van der Waals surface area contributed by atoms with Gasteiger partial charge in [0.1, 0.15) is 5.82 Å². The van der Waals surface area contributed by atoms with Gasteiger partial charge in [0.15, 0.2) is 11.6 Å². The standard InChI is InChI=1S/C21H20F2N4/c22-17-10-9-16(13-18(17)23)24-21-25-19(15-7-3-1-4-8-15)14-20(26-21)27-11-5-2-6-12-27/h1,3-4,7-10,13-14H,2,5-6,11-12H2,(H,24,25,26). The molecule has 0 amide bonds. The molecule has 0 spiro atoms. The van der Waals surface area contributed by atoms with Crippen LogP contribution in [0.2, 0.25) is 0 Å². The van der Waals surface area contributed by atoms with Crippen LogP contribution in [-0.2, 0) is 0 Å². The first-order valence-electron chi connectivity index (χ1n) is 9.10. The van der Waals surface area contributed by atoms with E-state index >= 15 is 0 Å². The lowest BCUT2D eigenvalue weighted by molar-refractivity contribution is 0.509. The molecule has 0 radical (unpaired) electrons. The number of hydrogen-bond acceptors (Lipinski definition) is 4. The van der Waals surface area contributed by atoms with Gasteiger partial charge in [0, 0.05) is 36.5 Å². The fourth-order valence-electron chi connectivity index (χ4n) is 3.24. The number of aromatic nitrogens is 2. The van der Waals surface area contributed by atoms with E-state index in [1.165, 1.54) is 12.5 Å². The van der Waals surface area contributed by atoms with E-state index < -0.39 is 11.6 Å². The first kappa shape index (κ1) is 17.4. The SMILES string of the molecule is Fc1ccc(Nc2nc(-c3ccccc3)cc(N3CCCCC3)n2)cc1F. The fourth-order valence-corrected chi connectivity index (χ4v) is 3.24. The van der Waals surface area contributed by atoms with Crippen molar-refractivity contribution in [1.82, 2.24) is 9.97 Å². The van der Waals surface area contributed by atoms with E-state index in [2.05, 4.69) is 20.2 Å². The van der Waals surface area contributed by atoms with Gasteiger partial charge in [-0.25, -0.2) is 13.8 Å². The van der Waals surface area contributed by atoms with Crippen LogP contribution in [0.1, 0.15) is 19.3 Å². The highest BCUT2D eigenvalue weighted by atomic mass is 19.2. The summed E-state index contributed by atoms with van der Waals surface area (Å²) in [6.07, 6.45) is 3.50. The Morgan fingerprint density at radius 1 is 0.815 bits per heavy atom. The number of piperidine rings is 1. The maximum Gasteiger partial charge on any atom is 0.229 e. The highest BCUT2D eigenvalue weighted by Crippen LogP contribution is 2.27. The topological polar surface area (TPSA) is 41.1 Å². The van der Waals surface area contributed by atoms with Crippen LogP contribution in [0, 0.1) is 11.6 Å². The molecule has 0 atom stereocenters. The van der Waals surface area contributed by atoms with Crippen LogP contribution in [0.25, 0.3) is 11.3 Å². The van der Waals surface area contributed by atoms with Gasteiger partial charge < -0.3 is 10.2 Å². The summed E-state index contributed by atoms with van der Waals surface area (Å²) in [4.78, 5) is 11.4. The molecule has 0 saturated carbocycles. The van der Waals surface area contributed by atoms with Gasteiger partial charge in [-0.15, -0.1) is 0 Å². The van der Waals surface area contributed by atoms with E-state index in [1.807, 2.05) is 36.4 Å². The molecule has 6 heteroatoms. The second-order valence-electron chi connectivity index (χ2n) is 6.60. The van der Waals surface area contributed by atoms with Crippen molar-refractivity contribution in [1.29, 1.82) is 0 Å². The average Bonchev–Trinajstić information content (AvgIpc) is 2.72. The number of benzene rings is 2. The average molecular weight is 366 g/mol. The first-order chi connectivity index (χ1) is 13.2. The molecule has 1 N–H and O–H groups in total. The quantitative estimate of drug-likeness (QED) is 0.693. The first-order valence-corrected chi connectivity index (χ1v) is 9.10. The van der Waals surface area contributed by atoms with Crippen molar-refractivity contribution in [2.24, 2.45) is 0 Å². The molecule has 1 aliphatic heterocycles. The second-order valence-corrected chi connectivity index (χ2v) is 6.60. The third-order valence-corrected chi connectivity index (χ3v) is 4.64. The van der Waals surface area contributed by atoms with E-state index in [-0.39, 0.29) is 0 Å². The minimum Gasteiger partial charge on any atom is -0.356 e. The van der Waals surface area contributed by atoms with Gasteiger partial charge in [0.25, 0.3) is 0 Å². The van der Waals surface area contributed by atoms with Crippen molar-refractivity contribution < 1.29 is 8.78 Å². The third-order valence-electron chi connectivity index (χ3n) is 4.64. The number of anilines is 3. The molecule has 1 aliphatic rings. The van der Waals surface area contributed by atoms with Gasteiger partial charge in [-0.3, -0.25) is 0 Å². The van der Waals surface area contributed by atoms with E-state index in [0.29, 0.717) is 11.6 Å². The maximum absolute atomic E-state index is 13.5. The van der Waals surface area contributed by atoms with E-state index in [1.54, 1.807) is 0 Å². The molecule has 1 saturated heterocycles. The Balaban J connectivity index is 1.71. The molecule has 1 aromatic heterocycles. The molecule has 1 fully saturated rings. The van der Waals surface area contributed by atoms with Gasteiger partial charge in [-0.05, 0) is 31.4 Å². The predicted octanol–water partition coefficient (Wildman–Crippen LogP) is 5.16. The zero-order valence-electron chi connectivity index (χ0n) is 14.8. The largest absolute Gasteiger partial charge is 0.356 e. The van der Waals surface area contributed by atoms with Gasteiger partial charge in [0.2, 0.25) is 5.95 Å². The Morgan fingerprint density at radius 3 is 2.33 bits per heavy atom. The van der Waals surface area contributed by atoms with Gasteiger partial charge in [0.05, 0.1) is 5.69 Å². The van der Waals surface area contributed by atoms with Crippen molar-refractivity contribution in [2.75, 3.05) is 23.3 Å².